The molecule has 8 heteroatoms. The Bertz CT molecular complexity index is 795. The van der Waals surface area contributed by atoms with Gasteiger partial charge < -0.3 is 20.3 Å². The minimum atomic E-state index is 0. The molecule has 1 atom stereocenters. The van der Waals surface area contributed by atoms with Gasteiger partial charge in [-0.3, -0.25) is 0 Å². The second-order valence-corrected chi connectivity index (χ2v) is 8.16. The first-order valence-corrected chi connectivity index (χ1v) is 10.9. The van der Waals surface area contributed by atoms with Crippen molar-refractivity contribution in [3.63, 3.8) is 0 Å². The zero-order valence-electron chi connectivity index (χ0n) is 17.6. The Labute approximate surface area is 195 Å². The predicted molar refractivity (Wildman–Crippen MR) is 133 cm³/mol. The number of aliphatic imine (C=N–C) groups is 1. The molecule has 0 bridgehead atoms. The molecule has 0 spiro atoms. The van der Waals surface area contributed by atoms with Gasteiger partial charge in [-0.05, 0) is 25.5 Å². The molecule has 0 aliphatic carbocycles. The molecule has 0 saturated carbocycles. The van der Waals surface area contributed by atoms with Gasteiger partial charge in [-0.1, -0.05) is 26.0 Å². The number of nitrogens with zero attached hydrogens (tertiary/aromatic N) is 3. The number of halogens is 1. The number of para-hydroxylation sites is 2. The lowest BCUT2D eigenvalue weighted by molar-refractivity contribution is 0.415. The van der Waals surface area contributed by atoms with Crippen molar-refractivity contribution in [1.29, 1.82) is 0 Å². The summed E-state index contributed by atoms with van der Waals surface area (Å²) in [5.41, 5.74) is 2.19. The maximum absolute atomic E-state index is 5.51. The standard InChI is InChI=1S/C21H31N5OS.HI/c1-5-22-21(23-12-17-14-28-20(24-17)15(2)3)25-16-10-11-26(13-16)18-8-6-7-9-19(18)27-4;/h6-9,14-16H,5,10-13H2,1-4H3,(H2,22,23,25);1H. The van der Waals surface area contributed by atoms with E-state index in [0.29, 0.717) is 18.5 Å². The van der Waals surface area contributed by atoms with E-state index in [1.54, 1.807) is 18.4 Å². The van der Waals surface area contributed by atoms with Crippen molar-refractivity contribution in [3.05, 3.63) is 40.3 Å². The molecule has 6 nitrogen and oxygen atoms in total. The number of hydrogen-bond acceptors (Lipinski definition) is 5. The van der Waals surface area contributed by atoms with Crippen molar-refractivity contribution in [2.45, 2.75) is 45.7 Å². The number of rotatable bonds is 7. The molecule has 0 amide bonds. The van der Waals surface area contributed by atoms with Crippen LogP contribution >= 0.6 is 35.3 Å². The SMILES string of the molecule is CCNC(=NCc1csc(C(C)C)n1)NC1CCN(c2ccccc2OC)C1.I. The van der Waals surface area contributed by atoms with E-state index in [-0.39, 0.29) is 24.0 Å². The molecule has 0 radical (unpaired) electrons. The van der Waals surface area contributed by atoms with Crippen molar-refractivity contribution in [3.8, 4) is 5.75 Å². The number of thiazole rings is 1. The zero-order valence-corrected chi connectivity index (χ0v) is 20.8. The van der Waals surface area contributed by atoms with Gasteiger partial charge in [0.25, 0.3) is 0 Å². The van der Waals surface area contributed by atoms with Crippen LogP contribution in [0.4, 0.5) is 5.69 Å². The topological polar surface area (TPSA) is 61.8 Å². The van der Waals surface area contributed by atoms with Gasteiger partial charge in [0.05, 0.1) is 30.0 Å². The molecule has 160 valence electrons. The lowest BCUT2D eigenvalue weighted by Crippen LogP contribution is -2.44. The number of hydrogen-bond donors (Lipinski definition) is 2. The average molecular weight is 529 g/mol. The van der Waals surface area contributed by atoms with E-state index in [1.807, 2.05) is 12.1 Å². The number of nitrogens with one attached hydrogen (secondary N) is 2. The minimum absolute atomic E-state index is 0. The molecule has 29 heavy (non-hydrogen) atoms. The van der Waals surface area contributed by atoms with E-state index in [4.69, 9.17) is 9.73 Å². The van der Waals surface area contributed by atoms with Crippen molar-refractivity contribution < 1.29 is 4.74 Å². The number of ether oxygens (including phenoxy) is 1. The average Bonchev–Trinajstić information content (AvgIpc) is 3.36. The van der Waals surface area contributed by atoms with E-state index in [2.05, 4.69) is 58.8 Å². The van der Waals surface area contributed by atoms with Gasteiger partial charge in [-0.25, -0.2) is 9.98 Å². The lowest BCUT2D eigenvalue weighted by Gasteiger charge is -2.22. The van der Waals surface area contributed by atoms with E-state index in [1.165, 1.54) is 5.01 Å². The molecule has 2 N–H and O–H groups in total. The highest BCUT2D eigenvalue weighted by Gasteiger charge is 2.25. The Morgan fingerprint density at radius 3 is 2.86 bits per heavy atom. The normalized spacial score (nSPS) is 16.7. The summed E-state index contributed by atoms with van der Waals surface area (Å²) in [5, 5.41) is 10.2. The molecule has 2 heterocycles. The smallest absolute Gasteiger partial charge is 0.191 e. The first-order chi connectivity index (χ1) is 13.6. The van der Waals surface area contributed by atoms with Gasteiger partial charge in [0.15, 0.2) is 5.96 Å². The Morgan fingerprint density at radius 2 is 2.17 bits per heavy atom. The predicted octanol–water partition coefficient (Wildman–Crippen LogP) is 4.23. The molecule has 1 fully saturated rings. The summed E-state index contributed by atoms with van der Waals surface area (Å²) in [6.45, 7) is 9.80. The van der Waals surface area contributed by atoms with Crippen LogP contribution in [0.1, 0.15) is 43.8 Å². The van der Waals surface area contributed by atoms with Crippen LogP contribution in [-0.4, -0.2) is 43.7 Å². The first-order valence-electron chi connectivity index (χ1n) is 9.97. The molecule has 1 aromatic heterocycles. The van der Waals surface area contributed by atoms with Crippen LogP contribution in [-0.2, 0) is 6.54 Å². The van der Waals surface area contributed by atoms with E-state index < -0.39 is 0 Å². The maximum Gasteiger partial charge on any atom is 0.191 e. The van der Waals surface area contributed by atoms with Crippen molar-refractivity contribution in [2.75, 3.05) is 31.6 Å². The second-order valence-electron chi connectivity index (χ2n) is 7.27. The fourth-order valence-corrected chi connectivity index (χ4v) is 4.15. The molecule has 2 aromatic rings. The molecule has 1 aliphatic rings. The summed E-state index contributed by atoms with van der Waals surface area (Å²) < 4.78 is 5.51. The second kappa shape index (κ2) is 11.6. The third kappa shape index (κ3) is 6.47. The third-order valence-electron chi connectivity index (χ3n) is 4.76. The van der Waals surface area contributed by atoms with Crippen molar-refractivity contribution >= 4 is 47.0 Å². The molecule has 1 aliphatic heterocycles. The fourth-order valence-electron chi connectivity index (χ4n) is 3.32. The summed E-state index contributed by atoms with van der Waals surface area (Å²) in [7, 11) is 1.73. The highest BCUT2D eigenvalue weighted by Crippen LogP contribution is 2.30. The number of guanidine groups is 1. The summed E-state index contributed by atoms with van der Waals surface area (Å²) in [6.07, 6.45) is 1.07. The largest absolute Gasteiger partial charge is 0.495 e. The third-order valence-corrected chi connectivity index (χ3v) is 5.96. The van der Waals surface area contributed by atoms with Crippen LogP contribution in [0, 0.1) is 0 Å². The summed E-state index contributed by atoms with van der Waals surface area (Å²) in [6, 6.07) is 8.55. The number of aromatic nitrogens is 1. The van der Waals surface area contributed by atoms with E-state index in [0.717, 1.165) is 49.1 Å². The van der Waals surface area contributed by atoms with Crippen LogP contribution in [0.25, 0.3) is 0 Å². The van der Waals surface area contributed by atoms with Gasteiger partial charge in [0, 0.05) is 37.0 Å². The van der Waals surface area contributed by atoms with Gasteiger partial charge in [0.2, 0.25) is 0 Å². The van der Waals surface area contributed by atoms with Gasteiger partial charge in [-0.15, -0.1) is 35.3 Å². The van der Waals surface area contributed by atoms with E-state index >= 15 is 0 Å². The monoisotopic (exact) mass is 529 g/mol. The number of benzene rings is 1. The Kier molecular flexibility index (Phi) is 9.48. The first kappa shape index (κ1) is 23.7. The Balaban J connectivity index is 0.00000300. The summed E-state index contributed by atoms with van der Waals surface area (Å²) >= 11 is 1.72. The van der Waals surface area contributed by atoms with Crippen LogP contribution in [0.5, 0.6) is 5.75 Å². The molecule has 3 rings (SSSR count). The van der Waals surface area contributed by atoms with Crippen molar-refractivity contribution in [1.82, 2.24) is 15.6 Å². The lowest BCUT2D eigenvalue weighted by atomic mass is 10.2. The number of anilines is 1. The van der Waals surface area contributed by atoms with E-state index in [9.17, 15) is 0 Å². The molecular weight excluding hydrogens is 497 g/mol. The minimum Gasteiger partial charge on any atom is -0.495 e. The van der Waals surface area contributed by atoms with Crippen molar-refractivity contribution in [2.24, 2.45) is 4.99 Å². The molecule has 1 aromatic carbocycles. The summed E-state index contributed by atoms with van der Waals surface area (Å²) in [5.74, 6) is 2.25. The molecular formula is C21H32IN5OS. The molecule has 1 unspecified atom stereocenters. The van der Waals surface area contributed by atoms with Gasteiger partial charge in [-0.2, -0.15) is 0 Å². The zero-order chi connectivity index (χ0) is 19.9. The summed E-state index contributed by atoms with van der Waals surface area (Å²) in [4.78, 5) is 11.8. The van der Waals surface area contributed by atoms with Crippen LogP contribution < -0.4 is 20.3 Å². The van der Waals surface area contributed by atoms with Gasteiger partial charge in [0.1, 0.15) is 5.75 Å². The Hall–Kier alpha value is -1.55. The van der Waals surface area contributed by atoms with Crippen LogP contribution in [0.3, 0.4) is 0 Å². The maximum atomic E-state index is 5.51. The quantitative estimate of drug-likeness (QED) is 0.320. The van der Waals surface area contributed by atoms with Crippen LogP contribution in [0.15, 0.2) is 34.6 Å². The molecule has 1 saturated heterocycles. The van der Waals surface area contributed by atoms with Gasteiger partial charge >= 0.3 is 0 Å². The Morgan fingerprint density at radius 1 is 1.38 bits per heavy atom. The number of methoxy groups -OCH3 is 1. The highest BCUT2D eigenvalue weighted by molar-refractivity contribution is 14.0. The highest BCUT2D eigenvalue weighted by atomic mass is 127. The van der Waals surface area contributed by atoms with Crippen LogP contribution in [0.2, 0.25) is 0 Å². The fraction of sp³-hybridized carbons (Fsp3) is 0.524.